The van der Waals surface area contributed by atoms with Gasteiger partial charge in [-0.15, -0.1) is 0 Å². The minimum absolute atomic E-state index is 0.0489. The molecule has 0 unspecified atom stereocenters. The molecule has 2 rings (SSSR count). The molecular formula is C19H21N3O6S. The minimum Gasteiger partial charge on any atom is -0.465 e. The number of methoxy groups -OCH3 is 1. The van der Waals surface area contributed by atoms with Gasteiger partial charge in [0.1, 0.15) is 0 Å². The number of anilines is 2. The molecule has 0 aliphatic heterocycles. The smallest absolute Gasteiger partial charge is 0.337 e. The lowest BCUT2D eigenvalue weighted by Crippen LogP contribution is -2.25. The largest absolute Gasteiger partial charge is 0.465 e. The Kier molecular flexibility index (Phi) is 6.94. The van der Waals surface area contributed by atoms with Crippen molar-refractivity contribution in [3.63, 3.8) is 0 Å². The highest BCUT2D eigenvalue weighted by atomic mass is 32.2. The van der Waals surface area contributed by atoms with Gasteiger partial charge in [-0.25, -0.2) is 13.2 Å². The van der Waals surface area contributed by atoms with Gasteiger partial charge in [-0.1, -0.05) is 12.1 Å². The number of nitrogens with one attached hydrogen (secondary N) is 3. The first kappa shape index (κ1) is 21.9. The molecular weight excluding hydrogens is 398 g/mol. The van der Waals surface area contributed by atoms with Crippen LogP contribution in [0.15, 0.2) is 42.5 Å². The lowest BCUT2D eigenvalue weighted by Gasteiger charge is -2.13. The van der Waals surface area contributed by atoms with Crippen LogP contribution in [0.3, 0.4) is 0 Å². The summed E-state index contributed by atoms with van der Waals surface area (Å²) in [7, 11) is -2.33. The number of hydrogen-bond donors (Lipinski definition) is 3. The van der Waals surface area contributed by atoms with Crippen LogP contribution < -0.4 is 15.4 Å². The van der Waals surface area contributed by atoms with Gasteiger partial charge in [-0.3, -0.25) is 14.3 Å². The molecule has 0 fully saturated rings. The second-order valence-corrected chi connectivity index (χ2v) is 7.94. The van der Waals surface area contributed by atoms with Crippen LogP contribution in [0.1, 0.15) is 33.2 Å². The van der Waals surface area contributed by atoms with E-state index in [2.05, 4.69) is 20.1 Å². The Morgan fingerprint density at radius 1 is 1.03 bits per heavy atom. The van der Waals surface area contributed by atoms with Crippen LogP contribution in [0.5, 0.6) is 0 Å². The molecule has 2 amide bonds. The maximum absolute atomic E-state index is 12.7. The van der Waals surface area contributed by atoms with Crippen molar-refractivity contribution in [1.29, 1.82) is 0 Å². The van der Waals surface area contributed by atoms with Crippen molar-refractivity contribution in [2.24, 2.45) is 0 Å². The molecule has 0 spiro atoms. The molecule has 0 aromatic heterocycles. The van der Waals surface area contributed by atoms with E-state index in [1.165, 1.54) is 32.2 Å². The average Bonchev–Trinajstić information content (AvgIpc) is 2.65. The molecule has 0 saturated carbocycles. The number of carbonyl (C=O) groups excluding carboxylic acids is 3. The van der Waals surface area contributed by atoms with Gasteiger partial charge in [0.2, 0.25) is 15.9 Å². The number of ether oxygens (including phenoxy) is 1. The number of amides is 2. The highest BCUT2D eigenvalue weighted by Gasteiger charge is 2.16. The molecule has 0 heterocycles. The van der Waals surface area contributed by atoms with Crippen LogP contribution in [0, 0.1) is 0 Å². The van der Waals surface area contributed by atoms with Crippen LogP contribution in [0.4, 0.5) is 11.4 Å². The molecule has 9 nitrogen and oxygen atoms in total. The summed E-state index contributed by atoms with van der Waals surface area (Å²) in [5, 5.41) is 5.23. The van der Waals surface area contributed by atoms with E-state index in [1.807, 2.05) is 0 Å². The van der Waals surface area contributed by atoms with E-state index in [1.54, 1.807) is 24.3 Å². The number of benzene rings is 2. The maximum Gasteiger partial charge on any atom is 0.337 e. The van der Waals surface area contributed by atoms with Gasteiger partial charge in [0.15, 0.2) is 0 Å². The monoisotopic (exact) mass is 419 g/mol. The van der Waals surface area contributed by atoms with Crippen LogP contribution in [-0.4, -0.2) is 39.6 Å². The molecule has 2 aromatic carbocycles. The molecule has 0 aliphatic carbocycles. The Labute approximate surface area is 168 Å². The van der Waals surface area contributed by atoms with Crippen LogP contribution in [0.2, 0.25) is 0 Å². The zero-order valence-corrected chi connectivity index (χ0v) is 16.9. The number of rotatable bonds is 7. The highest BCUT2D eigenvalue weighted by Crippen LogP contribution is 2.22. The lowest BCUT2D eigenvalue weighted by molar-refractivity contribution is -0.114. The molecule has 0 atom stereocenters. The summed E-state index contributed by atoms with van der Waals surface area (Å²) in [6.45, 7) is 1.46. The number of esters is 1. The third-order valence-electron chi connectivity index (χ3n) is 3.71. The molecule has 154 valence electrons. The standard InChI is InChI=1S/C19H21N3O6S/c1-12(23)21-15-8-9-17(22-29(3,26)27)16(10-15)18(24)20-11-13-4-6-14(7-5-13)19(25)28-2/h4-10,22H,11H2,1-3H3,(H,20,24)(H,21,23). The summed E-state index contributed by atoms with van der Waals surface area (Å²) in [6, 6.07) is 10.7. The molecule has 0 aliphatic rings. The van der Waals surface area contributed by atoms with Crippen molar-refractivity contribution < 1.29 is 27.5 Å². The van der Waals surface area contributed by atoms with Crippen molar-refractivity contribution in [2.45, 2.75) is 13.5 Å². The van der Waals surface area contributed by atoms with E-state index in [-0.39, 0.29) is 23.7 Å². The van der Waals surface area contributed by atoms with Crippen molar-refractivity contribution in [3.05, 3.63) is 59.2 Å². The van der Waals surface area contributed by atoms with Gasteiger partial charge in [0.05, 0.1) is 30.2 Å². The Hall–Kier alpha value is -3.40. The fourth-order valence-electron chi connectivity index (χ4n) is 2.46. The van der Waals surface area contributed by atoms with Crippen LogP contribution in [0.25, 0.3) is 0 Å². The second kappa shape index (κ2) is 9.20. The predicted molar refractivity (Wildman–Crippen MR) is 108 cm³/mol. The number of hydrogen-bond acceptors (Lipinski definition) is 6. The van der Waals surface area contributed by atoms with Gasteiger partial charge in [0, 0.05) is 19.2 Å². The van der Waals surface area contributed by atoms with Gasteiger partial charge in [-0.2, -0.15) is 0 Å². The first-order valence-corrected chi connectivity index (χ1v) is 10.3. The van der Waals surface area contributed by atoms with E-state index in [9.17, 15) is 22.8 Å². The summed E-state index contributed by atoms with van der Waals surface area (Å²) in [5.41, 5.74) is 1.59. The zero-order valence-electron chi connectivity index (χ0n) is 16.1. The van der Waals surface area contributed by atoms with E-state index < -0.39 is 21.9 Å². The lowest BCUT2D eigenvalue weighted by atomic mass is 10.1. The van der Waals surface area contributed by atoms with Gasteiger partial charge >= 0.3 is 5.97 Å². The molecule has 0 bridgehead atoms. The predicted octanol–water partition coefficient (Wildman–Crippen LogP) is 1.73. The summed E-state index contributed by atoms with van der Waals surface area (Å²) in [5.74, 6) is -1.34. The molecule has 0 saturated heterocycles. The second-order valence-electron chi connectivity index (χ2n) is 6.19. The summed E-state index contributed by atoms with van der Waals surface area (Å²) >= 11 is 0. The Morgan fingerprint density at radius 2 is 1.69 bits per heavy atom. The first-order chi connectivity index (χ1) is 13.6. The topological polar surface area (TPSA) is 131 Å². The van der Waals surface area contributed by atoms with E-state index >= 15 is 0 Å². The molecule has 29 heavy (non-hydrogen) atoms. The SMILES string of the molecule is COC(=O)c1ccc(CNC(=O)c2cc(NC(C)=O)ccc2NS(C)(=O)=O)cc1. The normalized spacial score (nSPS) is 10.7. The fourth-order valence-corrected chi connectivity index (χ4v) is 3.03. The van der Waals surface area contributed by atoms with E-state index in [0.29, 0.717) is 11.3 Å². The van der Waals surface area contributed by atoms with Gasteiger partial charge in [0.25, 0.3) is 5.91 Å². The summed E-state index contributed by atoms with van der Waals surface area (Å²) in [6.07, 6.45) is 0.972. The fraction of sp³-hybridized carbons (Fsp3) is 0.211. The number of sulfonamides is 1. The quantitative estimate of drug-likeness (QED) is 0.586. The first-order valence-electron chi connectivity index (χ1n) is 8.44. The molecule has 0 radical (unpaired) electrons. The Morgan fingerprint density at radius 3 is 2.24 bits per heavy atom. The third kappa shape index (κ3) is 6.61. The van der Waals surface area contributed by atoms with E-state index in [0.717, 1.165) is 11.8 Å². The van der Waals surface area contributed by atoms with Crippen molar-refractivity contribution in [1.82, 2.24) is 5.32 Å². The minimum atomic E-state index is -3.61. The van der Waals surface area contributed by atoms with Crippen LogP contribution in [-0.2, 0) is 26.1 Å². The Bertz CT molecular complexity index is 1030. The van der Waals surface area contributed by atoms with E-state index in [4.69, 9.17) is 0 Å². The summed E-state index contributed by atoms with van der Waals surface area (Å²) < 4.78 is 30.1. The summed E-state index contributed by atoms with van der Waals surface area (Å²) in [4.78, 5) is 35.4. The Balaban J connectivity index is 2.20. The highest BCUT2D eigenvalue weighted by molar-refractivity contribution is 7.92. The third-order valence-corrected chi connectivity index (χ3v) is 4.30. The number of carbonyl (C=O) groups is 3. The van der Waals surface area contributed by atoms with Crippen molar-refractivity contribution in [2.75, 3.05) is 23.4 Å². The van der Waals surface area contributed by atoms with Crippen molar-refractivity contribution in [3.8, 4) is 0 Å². The molecule has 2 aromatic rings. The molecule has 3 N–H and O–H groups in total. The zero-order chi connectivity index (χ0) is 21.6. The van der Waals surface area contributed by atoms with Gasteiger partial charge < -0.3 is 15.4 Å². The van der Waals surface area contributed by atoms with Gasteiger partial charge in [-0.05, 0) is 35.9 Å². The maximum atomic E-state index is 12.7. The molecule has 10 heteroatoms. The average molecular weight is 419 g/mol. The van der Waals surface area contributed by atoms with Crippen molar-refractivity contribution >= 4 is 39.2 Å². The van der Waals surface area contributed by atoms with Crippen LogP contribution >= 0.6 is 0 Å².